The highest BCUT2D eigenvalue weighted by Crippen LogP contribution is 2.39. The maximum absolute atomic E-state index is 11.1. The van der Waals surface area contributed by atoms with Crippen LogP contribution in [0.5, 0.6) is 5.75 Å². The van der Waals surface area contributed by atoms with Gasteiger partial charge in [0.15, 0.2) is 0 Å². The fourth-order valence-electron chi connectivity index (χ4n) is 2.68. The van der Waals surface area contributed by atoms with E-state index >= 15 is 0 Å². The van der Waals surface area contributed by atoms with Crippen LogP contribution in [-0.4, -0.2) is 17.5 Å². The van der Waals surface area contributed by atoms with E-state index in [0.717, 1.165) is 42.2 Å². The van der Waals surface area contributed by atoms with Gasteiger partial charge in [-0.25, -0.2) is 4.98 Å². The number of anilines is 1. The Balaban J connectivity index is 1.48. The molecule has 0 aliphatic carbocycles. The van der Waals surface area contributed by atoms with Gasteiger partial charge in [0.05, 0.1) is 17.0 Å². The van der Waals surface area contributed by atoms with Gasteiger partial charge in [-0.2, -0.15) is 0 Å². The second-order valence-electron chi connectivity index (χ2n) is 6.16. The van der Waals surface area contributed by atoms with E-state index in [2.05, 4.69) is 15.5 Å². The lowest BCUT2D eigenvalue weighted by molar-refractivity contribution is -0.114. The van der Waals surface area contributed by atoms with Crippen molar-refractivity contribution in [3.05, 3.63) is 54.6 Å². The molecule has 0 saturated carbocycles. The maximum atomic E-state index is 11.1. The summed E-state index contributed by atoms with van der Waals surface area (Å²) < 4.78 is 6.51. The average Bonchev–Trinajstić information content (AvgIpc) is 3.27. The predicted octanol–water partition coefficient (Wildman–Crippen LogP) is 6.80. The smallest absolute Gasteiger partial charge is 0.221 e. The largest absolute Gasteiger partial charge is 0.494 e. The molecule has 0 aliphatic heterocycles. The molecule has 0 radical (unpaired) electrons. The number of aromatic nitrogens is 1. The number of nitrogens with zero attached hydrogens (tertiary/aromatic N) is 3. The van der Waals surface area contributed by atoms with Crippen molar-refractivity contribution in [2.75, 3.05) is 11.9 Å². The van der Waals surface area contributed by atoms with E-state index in [-0.39, 0.29) is 5.91 Å². The second-order valence-corrected chi connectivity index (χ2v) is 8.20. The molecule has 4 aromatic rings. The molecule has 29 heavy (non-hydrogen) atoms. The van der Waals surface area contributed by atoms with Gasteiger partial charge in [0.25, 0.3) is 0 Å². The molecule has 0 bridgehead atoms. The molecule has 1 N–H and O–H groups in total. The number of nitrogens with one attached hydrogen (secondary N) is 1. The lowest BCUT2D eigenvalue weighted by atomic mass is 10.2. The van der Waals surface area contributed by atoms with Crippen LogP contribution in [0.2, 0.25) is 0 Å². The fourth-order valence-corrected chi connectivity index (χ4v) is 4.72. The van der Waals surface area contributed by atoms with Crippen molar-refractivity contribution in [1.29, 1.82) is 0 Å². The number of hydrogen-bond acceptors (Lipinski definition) is 7. The molecule has 2 heterocycles. The zero-order chi connectivity index (χ0) is 20.2. The lowest BCUT2D eigenvalue weighted by Gasteiger charge is -2.02. The fraction of sp³-hybridized carbons (Fsp3) is 0.143. The van der Waals surface area contributed by atoms with E-state index < -0.39 is 0 Å². The minimum atomic E-state index is -0.0839. The lowest BCUT2D eigenvalue weighted by Crippen LogP contribution is -2.05. The van der Waals surface area contributed by atoms with Crippen LogP contribution in [0.15, 0.2) is 64.8 Å². The van der Waals surface area contributed by atoms with Gasteiger partial charge in [-0.15, -0.1) is 21.6 Å². The topological polar surface area (TPSA) is 75.9 Å². The van der Waals surface area contributed by atoms with Crippen molar-refractivity contribution >= 4 is 54.5 Å². The molecule has 6 nitrogen and oxygen atoms in total. The summed E-state index contributed by atoms with van der Waals surface area (Å²) in [6.07, 6.45) is 0. The first-order chi connectivity index (χ1) is 14.1. The van der Waals surface area contributed by atoms with Crippen LogP contribution in [0.1, 0.15) is 13.8 Å². The summed E-state index contributed by atoms with van der Waals surface area (Å²) in [4.78, 5) is 16.8. The Kier molecular flexibility index (Phi) is 5.64. The molecule has 0 unspecified atom stereocenters. The van der Waals surface area contributed by atoms with Crippen LogP contribution in [0.25, 0.3) is 20.1 Å². The molecule has 0 saturated heterocycles. The highest BCUT2D eigenvalue weighted by Gasteiger charge is 2.10. The standard InChI is InChI=1S/C21H18N4O2S2/c1-3-27-17-10-8-16(9-11-17)24-25-19-12-18-21(29-19)23-20(28-18)14-4-6-15(7-5-14)22-13(2)26/h4-12H,3H2,1-2H3,(H,22,26). The van der Waals surface area contributed by atoms with Gasteiger partial charge in [-0.3, -0.25) is 4.79 Å². The molecule has 0 atom stereocenters. The number of thiazole rings is 1. The van der Waals surface area contributed by atoms with Crippen LogP contribution < -0.4 is 10.1 Å². The summed E-state index contributed by atoms with van der Waals surface area (Å²) in [7, 11) is 0. The molecule has 2 aromatic carbocycles. The molecule has 0 aliphatic rings. The number of hydrogen-bond donors (Lipinski definition) is 1. The van der Waals surface area contributed by atoms with Gasteiger partial charge in [-0.1, -0.05) is 11.3 Å². The first-order valence-electron chi connectivity index (χ1n) is 9.04. The number of amides is 1. The minimum absolute atomic E-state index is 0.0839. The van der Waals surface area contributed by atoms with E-state index in [1.54, 1.807) is 11.3 Å². The highest BCUT2D eigenvalue weighted by atomic mass is 32.1. The summed E-state index contributed by atoms with van der Waals surface area (Å²) in [5.74, 6) is 0.740. The first-order valence-corrected chi connectivity index (χ1v) is 10.7. The van der Waals surface area contributed by atoms with Crippen LogP contribution in [0, 0.1) is 0 Å². The monoisotopic (exact) mass is 422 g/mol. The van der Waals surface area contributed by atoms with E-state index in [0.29, 0.717) is 6.61 Å². The third-order valence-corrected chi connectivity index (χ3v) is 6.03. The maximum Gasteiger partial charge on any atom is 0.221 e. The zero-order valence-corrected chi connectivity index (χ0v) is 17.5. The summed E-state index contributed by atoms with van der Waals surface area (Å²) in [6.45, 7) is 4.09. The number of carbonyl (C=O) groups excluding carboxylic acids is 1. The predicted molar refractivity (Wildman–Crippen MR) is 119 cm³/mol. The summed E-state index contributed by atoms with van der Waals surface area (Å²) >= 11 is 3.13. The van der Waals surface area contributed by atoms with Gasteiger partial charge < -0.3 is 10.1 Å². The highest BCUT2D eigenvalue weighted by molar-refractivity contribution is 7.30. The average molecular weight is 423 g/mol. The van der Waals surface area contributed by atoms with Crippen molar-refractivity contribution in [1.82, 2.24) is 4.98 Å². The van der Waals surface area contributed by atoms with Gasteiger partial charge in [0.1, 0.15) is 20.6 Å². The molecule has 2 aromatic heterocycles. The third-order valence-electron chi connectivity index (χ3n) is 3.94. The summed E-state index contributed by atoms with van der Waals surface area (Å²) in [6, 6.07) is 17.2. The van der Waals surface area contributed by atoms with E-state index in [4.69, 9.17) is 9.72 Å². The van der Waals surface area contributed by atoms with Crippen molar-refractivity contribution in [2.24, 2.45) is 10.2 Å². The number of fused-ring (bicyclic) bond motifs is 1. The Bertz CT molecular complexity index is 1130. The third kappa shape index (κ3) is 4.67. The summed E-state index contributed by atoms with van der Waals surface area (Å²) in [5, 5.41) is 13.1. The Morgan fingerprint density at radius 3 is 2.48 bits per heavy atom. The van der Waals surface area contributed by atoms with Crippen LogP contribution >= 0.6 is 22.7 Å². The van der Waals surface area contributed by atoms with Crippen LogP contribution in [0.3, 0.4) is 0 Å². The zero-order valence-electron chi connectivity index (χ0n) is 15.9. The normalized spacial score (nSPS) is 11.2. The van der Waals surface area contributed by atoms with Crippen molar-refractivity contribution in [3.63, 3.8) is 0 Å². The van der Waals surface area contributed by atoms with Crippen molar-refractivity contribution in [3.8, 4) is 16.3 Å². The molecule has 0 spiro atoms. The number of benzene rings is 2. The van der Waals surface area contributed by atoms with E-state index in [9.17, 15) is 4.79 Å². The molecular weight excluding hydrogens is 404 g/mol. The molecular formula is C21H18N4O2S2. The van der Waals surface area contributed by atoms with E-state index in [1.165, 1.54) is 18.3 Å². The molecule has 4 rings (SSSR count). The molecule has 0 fully saturated rings. The van der Waals surface area contributed by atoms with Crippen molar-refractivity contribution < 1.29 is 9.53 Å². The number of rotatable bonds is 6. The quantitative estimate of drug-likeness (QED) is 0.347. The molecule has 8 heteroatoms. The Morgan fingerprint density at radius 2 is 1.83 bits per heavy atom. The van der Waals surface area contributed by atoms with Gasteiger partial charge in [0.2, 0.25) is 5.91 Å². The second kappa shape index (κ2) is 8.50. The minimum Gasteiger partial charge on any atom is -0.494 e. The van der Waals surface area contributed by atoms with Crippen LogP contribution in [-0.2, 0) is 4.79 Å². The Morgan fingerprint density at radius 1 is 1.07 bits per heavy atom. The van der Waals surface area contributed by atoms with E-state index in [1.807, 2.05) is 61.5 Å². The summed E-state index contributed by atoms with van der Waals surface area (Å²) in [5.41, 5.74) is 2.57. The molecule has 1 amide bonds. The first kappa shape index (κ1) is 19.2. The number of azo groups is 1. The number of thiophene rings is 1. The number of carbonyl (C=O) groups is 1. The van der Waals surface area contributed by atoms with Gasteiger partial charge in [-0.05, 0) is 61.5 Å². The SMILES string of the molecule is CCOc1ccc(N=Nc2cc3sc(-c4ccc(NC(C)=O)cc4)nc3s2)cc1. The Hall–Kier alpha value is -3.10. The van der Waals surface area contributed by atoms with Crippen LogP contribution in [0.4, 0.5) is 16.4 Å². The Labute approximate surface area is 175 Å². The van der Waals surface area contributed by atoms with Crippen molar-refractivity contribution in [2.45, 2.75) is 13.8 Å². The van der Waals surface area contributed by atoms with Gasteiger partial charge >= 0.3 is 0 Å². The number of ether oxygens (including phenoxy) is 1. The molecule has 146 valence electrons. The van der Waals surface area contributed by atoms with Gasteiger partial charge in [0, 0.05) is 18.2 Å².